The number of aromatic nitrogens is 3. The lowest BCUT2D eigenvalue weighted by atomic mass is 9.72. The lowest BCUT2D eigenvalue weighted by Crippen LogP contribution is -2.42. The van der Waals surface area contributed by atoms with Crippen molar-refractivity contribution in [3.63, 3.8) is 0 Å². The molecule has 4 heterocycles. The summed E-state index contributed by atoms with van der Waals surface area (Å²) < 4.78 is 11.3. The van der Waals surface area contributed by atoms with E-state index in [0.29, 0.717) is 50.5 Å². The van der Waals surface area contributed by atoms with Crippen LogP contribution in [0.3, 0.4) is 0 Å². The van der Waals surface area contributed by atoms with Gasteiger partial charge in [-0.3, -0.25) is 4.98 Å². The predicted octanol–water partition coefficient (Wildman–Crippen LogP) is 2.69. The first-order valence-corrected chi connectivity index (χ1v) is 9.92. The summed E-state index contributed by atoms with van der Waals surface area (Å²) in [5.74, 6) is 1.56. The molecule has 2 saturated heterocycles. The first kappa shape index (κ1) is 18.9. The molecule has 4 rings (SSSR count). The Morgan fingerprint density at radius 2 is 2.21 bits per heavy atom. The van der Waals surface area contributed by atoms with Gasteiger partial charge in [0.2, 0.25) is 11.7 Å². The van der Waals surface area contributed by atoms with Gasteiger partial charge in [-0.2, -0.15) is 4.98 Å². The zero-order valence-corrected chi connectivity index (χ0v) is 16.4. The zero-order valence-electron chi connectivity index (χ0n) is 16.4. The Morgan fingerprint density at radius 1 is 1.39 bits per heavy atom. The van der Waals surface area contributed by atoms with Crippen molar-refractivity contribution in [3.05, 3.63) is 30.4 Å². The minimum Gasteiger partial charge on any atom is -0.381 e. The van der Waals surface area contributed by atoms with Gasteiger partial charge in [0.1, 0.15) is 0 Å². The molecule has 0 aromatic carbocycles. The number of likely N-dealkylation sites (tertiary alicyclic amines) is 1. The maximum atomic E-state index is 12.7. The molecule has 150 valence electrons. The Labute approximate surface area is 164 Å². The molecule has 2 aromatic rings. The van der Waals surface area contributed by atoms with Crippen LogP contribution in [-0.2, 0) is 4.74 Å². The molecule has 28 heavy (non-hydrogen) atoms. The molecule has 2 aromatic heterocycles. The van der Waals surface area contributed by atoms with Crippen LogP contribution in [0.25, 0.3) is 11.4 Å². The topological polar surface area (TPSA) is 93.4 Å². The van der Waals surface area contributed by atoms with Crippen molar-refractivity contribution in [3.8, 4) is 11.4 Å². The molecule has 1 atom stereocenters. The summed E-state index contributed by atoms with van der Waals surface area (Å²) in [6.45, 7) is 7.51. The third kappa shape index (κ3) is 3.73. The van der Waals surface area contributed by atoms with Gasteiger partial charge in [0.25, 0.3) is 0 Å². The molecule has 0 bridgehead atoms. The van der Waals surface area contributed by atoms with E-state index >= 15 is 0 Å². The Bertz CT molecular complexity index is 801. The molecule has 2 fully saturated rings. The van der Waals surface area contributed by atoms with Gasteiger partial charge in [-0.15, -0.1) is 0 Å². The Balaban J connectivity index is 1.57. The number of carbonyl (C=O) groups excluding carboxylic acids is 1. The molecular weight excluding hydrogens is 358 g/mol. The number of rotatable bonds is 4. The van der Waals surface area contributed by atoms with Gasteiger partial charge in [0.15, 0.2) is 0 Å². The van der Waals surface area contributed by atoms with Crippen molar-refractivity contribution >= 4 is 6.03 Å². The van der Waals surface area contributed by atoms with E-state index in [4.69, 9.17) is 9.26 Å². The summed E-state index contributed by atoms with van der Waals surface area (Å²) >= 11 is 0. The van der Waals surface area contributed by atoms with Crippen LogP contribution in [-0.4, -0.2) is 58.9 Å². The zero-order chi connectivity index (χ0) is 19.6. The van der Waals surface area contributed by atoms with Gasteiger partial charge in [-0.1, -0.05) is 19.0 Å². The number of hydrogen-bond acceptors (Lipinski definition) is 6. The van der Waals surface area contributed by atoms with Crippen LogP contribution in [0.4, 0.5) is 4.79 Å². The molecular formula is C20H27N5O3. The summed E-state index contributed by atoms with van der Waals surface area (Å²) in [5.41, 5.74) is 0.745. The second-order valence-corrected chi connectivity index (χ2v) is 8.19. The molecule has 1 spiro atoms. The molecule has 2 aliphatic heterocycles. The van der Waals surface area contributed by atoms with Crippen molar-refractivity contribution < 1.29 is 14.1 Å². The Morgan fingerprint density at radius 3 is 2.93 bits per heavy atom. The predicted molar refractivity (Wildman–Crippen MR) is 103 cm³/mol. The number of nitrogens with one attached hydrogen (secondary N) is 1. The van der Waals surface area contributed by atoms with E-state index in [1.165, 1.54) is 0 Å². The van der Waals surface area contributed by atoms with Crippen molar-refractivity contribution in [1.82, 2.24) is 25.3 Å². The Hall–Kier alpha value is -2.48. The third-order valence-electron chi connectivity index (χ3n) is 5.74. The number of pyridine rings is 1. The first-order chi connectivity index (χ1) is 13.6. The molecule has 8 heteroatoms. The minimum absolute atomic E-state index is 0.0131. The largest absolute Gasteiger partial charge is 0.381 e. The fourth-order valence-electron chi connectivity index (χ4n) is 4.14. The fourth-order valence-corrected chi connectivity index (χ4v) is 4.14. The second-order valence-electron chi connectivity index (χ2n) is 8.19. The molecule has 2 aliphatic rings. The van der Waals surface area contributed by atoms with E-state index in [1.54, 1.807) is 12.4 Å². The van der Waals surface area contributed by atoms with Gasteiger partial charge in [-0.25, -0.2) is 4.79 Å². The van der Waals surface area contributed by atoms with Crippen LogP contribution >= 0.6 is 0 Å². The van der Waals surface area contributed by atoms with Crippen LogP contribution in [0.2, 0.25) is 0 Å². The van der Waals surface area contributed by atoms with Gasteiger partial charge >= 0.3 is 6.03 Å². The van der Waals surface area contributed by atoms with E-state index in [2.05, 4.69) is 34.3 Å². The van der Waals surface area contributed by atoms with Crippen LogP contribution in [0, 0.1) is 11.3 Å². The smallest absolute Gasteiger partial charge is 0.317 e. The lowest BCUT2D eigenvalue weighted by Gasteiger charge is -2.36. The van der Waals surface area contributed by atoms with Gasteiger partial charge in [0, 0.05) is 56.2 Å². The van der Waals surface area contributed by atoms with Crippen molar-refractivity contribution in [2.24, 2.45) is 11.3 Å². The summed E-state index contributed by atoms with van der Waals surface area (Å²) in [6, 6.07) is 3.74. The highest BCUT2D eigenvalue weighted by Crippen LogP contribution is 2.49. The Kier molecular flexibility index (Phi) is 5.30. The SMILES string of the molecule is CC(C)CNC(=O)N1CC(c2nc(-c3cccnc3)no2)C2(CCOCC2)C1. The summed E-state index contributed by atoms with van der Waals surface area (Å²) in [7, 11) is 0. The fraction of sp³-hybridized carbons (Fsp3) is 0.600. The van der Waals surface area contributed by atoms with E-state index in [1.807, 2.05) is 17.0 Å². The standard InChI is InChI=1S/C20H27N5O3/c1-14(2)10-22-19(26)25-12-16(20(13-25)5-8-27-9-6-20)18-23-17(24-28-18)15-4-3-7-21-11-15/h3-4,7,11,14,16H,5-6,8-10,12-13H2,1-2H3,(H,22,26). The second kappa shape index (κ2) is 7.87. The monoisotopic (exact) mass is 385 g/mol. The van der Waals surface area contributed by atoms with Crippen molar-refractivity contribution in [2.45, 2.75) is 32.6 Å². The number of hydrogen-bond donors (Lipinski definition) is 1. The van der Waals surface area contributed by atoms with E-state index in [-0.39, 0.29) is 17.4 Å². The van der Waals surface area contributed by atoms with E-state index in [0.717, 1.165) is 18.4 Å². The lowest BCUT2D eigenvalue weighted by molar-refractivity contribution is 0.00942. The number of urea groups is 1. The molecule has 0 aliphatic carbocycles. The normalized spacial score (nSPS) is 21.4. The number of carbonyl (C=O) groups is 1. The van der Waals surface area contributed by atoms with Gasteiger partial charge in [0.05, 0.1) is 5.92 Å². The third-order valence-corrected chi connectivity index (χ3v) is 5.74. The van der Waals surface area contributed by atoms with Crippen LogP contribution < -0.4 is 5.32 Å². The highest BCUT2D eigenvalue weighted by Gasteiger charge is 2.51. The van der Waals surface area contributed by atoms with Crippen LogP contribution in [0.5, 0.6) is 0 Å². The maximum absolute atomic E-state index is 12.7. The molecule has 1 N–H and O–H groups in total. The first-order valence-electron chi connectivity index (χ1n) is 9.92. The van der Waals surface area contributed by atoms with Crippen molar-refractivity contribution in [1.29, 1.82) is 0 Å². The van der Waals surface area contributed by atoms with E-state index in [9.17, 15) is 4.79 Å². The molecule has 2 amide bonds. The molecule has 0 saturated carbocycles. The number of ether oxygens (including phenoxy) is 1. The minimum atomic E-state index is -0.0772. The average molecular weight is 385 g/mol. The van der Waals surface area contributed by atoms with Gasteiger partial charge in [-0.05, 0) is 30.9 Å². The quantitative estimate of drug-likeness (QED) is 0.870. The van der Waals surface area contributed by atoms with Crippen LogP contribution in [0.15, 0.2) is 29.0 Å². The highest BCUT2D eigenvalue weighted by molar-refractivity contribution is 5.74. The molecule has 0 radical (unpaired) electrons. The summed E-state index contributed by atoms with van der Waals surface area (Å²) in [5, 5.41) is 7.19. The maximum Gasteiger partial charge on any atom is 0.317 e. The number of amides is 2. The summed E-state index contributed by atoms with van der Waals surface area (Å²) in [6.07, 6.45) is 5.21. The number of nitrogens with zero attached hydrogens (tertiary/aromatic N) is 4. The van der Waals surface area contributed by atoms with Crippen LogP contribution in [0.1, 0.15) is 38.5 Å². The molecule has 1 unspecified atom stereocenters. The average Bonchev–Trinajstić information content (AvgIpc) is 3.33. The highest BCUT2D eigenvalue weighted by atomic mass is 16.5. The van der Waals surface area contributed by atoms with Gasteiger partial charge < -0.3 is 19.5 Å². The van der Waals surface area contributed by atoms with Crippen molar-refractivity contribution in [2.75, 3.05) is 32.8 Å². The molecule has 8 nitrogen and oxygen atoms in total. The van der Waals surface area contributed by atoms with E-state index < -0.39 is 0 Å². The summed E-state index contributed by atoms with van der Waals surface area (Å²) in [4.78, 5) is 23.4.